The number of β-amino-alcohol motifs (C(OH)–C–C–N with tert-alkyl or cyclic N) is 1. The van der Waals surface area contributed by atoms with Crippen LogP contribution in [0, 0.1) is 0 Å². The van der Waals surface area contributed by atoms with E-state index in [9.17, 15) is 9.59 Å². The minimum Gasteiger partial charge on any atom is -0.479 e. The minimum atomic E-state index is -2.27. The van der Waals surface area contributed by atoms with Crippen molar-refractivity contribution in [3.05, 3.63) is 0 Å². The van der Waals surface area contributed by atoms with Crippen molar-refractivity contribution in [2.24, 2.45) is 0 Å². The van der Waals surface area contributed by atoms with E-state index in [1.807, 2.05) is 0 Å². The molecule has 1 heterocycles. The van der Waals surface area contributed by atoms with Gasteiger partial charge in [0.1, 0.15) is 0 Å². The molecular formula is C7H13NO7. The fourth-order valence-corrected chi connectivity index (χ4v) is 0.544. The van der Waals surface area contributed by atoms with Crippen LogP contribution >= 0.6 is 0 Å². The molecule has 15 heavy (non-hydrogen) atoms. The molecule has 1 fully saturated rings. The van der Waals surface area contributed by atoms with Gasteiger partial charge in [0, 0.05) is 13.1 Å². The molecule has 0 aromatic heterocycles. The van der Waals surface area contributed by atoms with Crippen molar-refractivity contribution in [1.82, 2.24) is 5.32 Å². The molecule has 1 rings (SSSR count). The number of aliphatic hydroxyl groups is 3. The van der Waals surface area contributed by atoms with Crippen LogP contribution in [0.1, 0.15) is 0 Å². The molecule has 1 aliphatic heterocycles. The SMILES string of the molecule is O=C(O)C(O)C(O)C(=O)O.OC1CNC1. The number of carboxylic acids is 2. The van der Waals surface area contributed by atoms with Gasteiger partial charge in [-0.2, -0.15) is 0 Å². The van der Waals surface area contributed by atoms with Crippen LogP contribution in [0.4, 0.5) is 0 Å². The summed E-state index contributed by atoms with van der Waals surface area (Å²) in [6, 6.07) is 0. The molecule has 0 amide bonds. The lowest BCUT2D eigenvalue weighted by Gasteiger charge is -2.20. The van der Waals surface area contributed by atoms with Gasteiger partial charge in [-0.25, -0.2) is 9.59 Å². The predicted molar refractivity (Wildman–Crippen MR) is 46.2 cm³/mol. The fraction of sp³-hybridized carbons (Fsp3) is 0.714. The first-order valence-electron chi connectivity index (χ1n) is 4.06. The summed E-state index contributed by atoms with van der Waals surface area (Å²) in [5.41, 5.74) is 0. The molecule has 0 saturated carbocycles. The molecule has 0 aromatic carbocycles. The third-order valence-electron chi connectivity index (χ3n) is 1.57. The monoisotopic (exact) mass is 223 g/mol. The van der Waals surface area contributed by atoms with E-state index in [-0.39, 0.29) is 6.10 Å². The van der Waals surface area contributed by atoms with Crippen LogP contribution in [-0.4, -0.2) is 68.9 Å². The third kappa shape index (κ3) is 5.27. The van der Waals surface area contributed by atoms with E-state index >= 15 is 0 Å². The third-order valence-corrected chi connectivity index (χ3v) is 1.57. The molecule has 1 saturated heterocycles. The highest BCUT2D eigenvalue weighted by atomic mass is 16.4. The van der Waals surface area contributed by atoms with E-state index in [4.69, 9.17) is 25.5 Å². The topological polar surface area (TPSA) is 147 Å². The Labute approximate surface area is 84.8 Å². The van der Waals surface area contributed by atoms with Crippen molar-refractivity contribution in [1.29, 1.82) is 0 Å². The zero-order valence-corrected chi connectivity index (χ0v) is 7.70. The Balaban J connectivity index is 0.000000322. The van der Waals surface area contributed by atoms with Gasteiger partial charge in [0.05, 0.1) is 6.10 Å². The van der Waals surface area contributed by atoms with Crippen molar-refractivity contribution < 1.29 is 35.1 Å². The first-order chi connectivity index (χ1) is 6.86. The Morgan fingerprint density at radius 3 is 1.40 bits per heavy atom. The maximum Gasteiger partial charge on any atom is 0.335 e. The summed E-state index contributed by atoms with van der Waals surface area (Å²) in [6.45, 7) is 1.58. The molecular weight excluding hydrogens is 210 g/mol. The highest BCUT2D eigenvalue weighted by Crippen LogP contribution is 1.92. The summed E-state index contributed by atoms with van der Waals surface area (Å²) in [7, 11) is 0. The van der Waals surface area contributed by atoms with E-state index in [2.05, 4.69) is 5.32 Å². The Morgan fingerprint density at radius 2 is 1.33 bits per heavy atom. The van der Waals surface area contributed by atoms with Gasteiger partial charge in [0.25, 0.3) is 0 Å². The number of carboxylic acid groups (broad SMARTS) is 2. The summed E-state index contributed by atoms with van der Waals surface area (Å²) in [5.74, 6) is -3.54. The summed E-state index contributed by atoms with van der Waals surface area (Å²) in [4.78, 5) is 19.5. The lowest BCUT2D eigenvalue weighted by Crippen LogP contribution is -2.46. The number of nitrogens with one attached hydrogen (secondary N) is 1. The summed E-state index contributed by atoms with van der Waals surface area (Å²) < 4.78 is 0. The van der Waals surface area contributed by atoms with Crippen LogP contribution in [0.2, 0.25) is 0 Å². The molecule has 0 aliphatic carbocycles. The lowest BCUT2D eigenvalue weighted by atomic mass is 10.2. The molecule has 1 aliphatic rings. The van der Waals surface area contributed by atoms with Crippen LogP contribution in [0.25, 0.3) is 0 Å². The number of hydrogen-bond acceptors (Lipinski definition) is 6. The van der Waals surface area contributed by atoms with E-state index in [1.54, 1.807) is 0 Å². The van der Waals surface area contributed by atoms with Gasteiger partial charge in [-0.05, 0) is 0 Å². The number of aliphatic carboxylic acids is 2. The molecule has 2 unspecified atom stereocenters. The van der Waals surface area contributed by atoms with Gasteiger partial charge < -0.3 is 30.8 Å². The van der Waals surface area contributed by atoms with Crippen LogP contribution in [0.3, 0.4) is 0 Å². The minimum absolute atomic E-state index is 0.0463. The van der Waals surface area contributed by atoms with Gasteiger partial charge in [0.2, 0.25) is 0 Å². The smallest absolute Gasteiger partial charge is 0.335 e. The van der Waals surface area contributed by atoms with Crippen molar-refractivity contribution in [3.8, 4) is 0 Å². The lowest BCUT2D eigenvalue weighted by molar-refractivity contribution is -0.165. The Hall–Kier alpha value is -1.22. The molecule has 0 bridgehead atoms. The van der Waals surface area contributed by atoms with Crippen LogP contribution in [-0.2, 0) is 9.59 Å². The number of hydrogen-bond donors (Lipinski definition) is 6. The maximum atomic E-state index is 9.77. The largest absolute Gasteiger partial charge is 0.479 e. The molecule has 88 valence electrons. The Bertz CT molecular complexity index is 209. The second-order valence-corrected chi connectivity index (χ2v) is 2.88. The second kappa shape index (κ2) is 6.30. The fourth-order valence-electron chi connectivity index (χ4n) is 0.544. The molecule has 0 aromatic rings. The maximum absolute atomic E-state index is 9.77. The van der Waals surface area contributed by atoms with E-state index < -0.39 is 24.1 Å². The number of aliphatic hydroxyl groups excluding tert-OH is 3. The Kier molecular flexibility index (Phi) is 5.79. The molecule has 0 spiro atoms. The summed E-state index contributed by atoms with van der Waals surface area (Å²) in [5, 5.41) is 43.8. The summed E-state index contributed by atoms with van der Waals surface area (Å²) in [6.07, 6.45) is -4.58. The van der Waals surface area contributed by atoms with Crippen molar-refractivity contribution in [3.63, 3.8) is 0 Å². The van der Waals surface area contributed by atoms with Gasteiger partial charge in [-0.3, -0.25) is 0 Å². The molecule has 8 nitrogen and oxygen atoms in total. The van der Waals surface area contributed by atoms with Gasteiger partial charge in [-0.15, -0.1) is 0 Å². The van der Waals surface area contributed by atoms with Crippen LogP contribution < -0.4 is 5.32 Å². The second-order valence-electron chi connectivity index (χ2n) is 2.88. The van der Waals surface area contributed by atoms with Crippen molar-refractivity contribution in [2.45, 2.75) is 18.3 Å². The number of rotatable bonds is 3. The molecule has 6 N–H and O–H groups in total. The Morgan fingerprint density at radius 1 is 1.07 bits per heavy atom. The van der Waals surface area contributed by atoms with Crippen molar-refractivity contribution >= 4 is 11.9 Å². The van der Waals surface area contributed by atoms with Gasteiger partial charge in [0.15, 0.2) is 12.2 Å². The molecule has 2 atom stereocenters. The quantitative estimate of drug-likeness (QED) is 0.293. The standard InChI is InChI=1S/C4H6O6.C3H7NO/c5-1(3(7)8)2(6)4(9)10;5-3-1-4-2-3/h1-2,5-6H,(H,7,8)(H,9,10);3-5H,1-2H2. The molecule has 0 radical (unpaired) electrons. The highest BCUT2D eigenvalue weighted by Gasteiger charge is 2.29. The van der Waals surface area contributed by atoms with Crippen molar-refractivity contribution in [2.75, 3.05) is 13.1 Å². The zero-order chi connectivity index (χ0) is 12.0. The summed E-state index contributed by atoms with van der Waals surface area (Å²) >= 11 is 0. The average Bonchev–Trinajstić information content (AvgIpc) is 2.13. The van der Waals surface area contributed by atoms with E-state index in [1.165, 1.54) is 0 Å². The van der Waals surface area contributed by atoms with E-state index in [0.717, 1.165) is 13.1 Å². The predicted octanol–water partition coefficient (Wildman–Crippen LogP) is -3.17. The van der Waals surface area contributed by atoms with Gasteiger partial charge >= 0.3 is 11.9 Å². The molecule has 8 heteroatoms. The van der Waals surface area contributed by atoms with Crippen LogP contribution in [0.15, 0.2) is 0 Å². The van der Waals surface area contributed by atoms with E-state index in [0.29, 0.717) is 0 Å². The average molecular weight is 223 g/mol. The first-order valence-corrected chi connectivity index (χ1v) is 4.06. The number of carbonyl (C=O) groups is 2. The highest BCUT2D eigenvalue weighted by molar-refractivity contribution is 5.83. The van der Waals surface area contributed by atoms with Gasteiger partial charge in [-0.1, -0.05) is 0 Å². The normalized spacial score (nSPS) is 19.1. The van der Waals surface area contributed by atoms with Crippen LogP contribution in [0.5, 0.6) is 0 Å². The first kappa shape index (κ1) is 13.8. The zero-order valence-electron chi connectivity index (χ0n) is 7.70.